The van der Waals surface area contributed by atoms with Crippen molar-refractivity contribution < 1.29 is 5.11 Å². The molecule has 2 aromatic heterocycles. The van der Waals surface area contributed by atoms with E-state index in [1.54, 1.807) is 6.20 Å². The zero-order valence-electron chi connectivity index (χ0n) is 7.73. The van der Waals surface area contributed by atoms with Crippen LogP contribution in [0.15, 0.2) is 24.5 Å². The molecule has 0 bridgehead atoms. The van der Waals surface area contributed by atoms with Crippen molar-refractivity contribution in [2.45, 2.75) is 19.9 Å². The Kier molecular flexibility index (Phi) is 1.72. The van der Waals surface area contributed by atoms with Crippen molar-refractivity contribution in [1.29, 1.82) is 0 Å². The lowest BCUT2D eigenvalue weighted by Gasteiger charge is -2.07. The fraction of sp³-hybridized carbons (Fsp3) is 0.300. The molecule has 0 unspecified atom stereocenters. The van der Waals surface area contributed by atoms with Gasteiger partial charge in [0.05, 0.1) is 10.9 Å². The van der Waals surface area contributed by atoms with Gasteiger partial charge in [-0.1, -0.05) is 0 Å². The smallest absolute Gasteiger partial charge is 0.200 e. The molecule has 2 heterocycles. The number of hydrogen-bond donors (Lipinski definition) is 1. The second-order valence-electron chi connectivity index (χ2n) is 3.39. The van der Waals surface area contributed by atoms with E-state index in [1.807, 2.05) is 36.7 Å². The van der Waals surface area contributed by atoms with Crippen LogP contribution >= 0.6 is 0 Å². The molecule has 2 rings (SSSR count). The Balaban J connectivity index is 2.74. The minimum absolute atomic E-state index is 0.259. The maximum atomic E-state index is 9.78. The fourth-order valence-electron chi connectivity index (χ4n) is 1.44. The molecule has 0 saturated carbocycles. The highest BCUT2D eigenvalue weighted by atomic mass is 16.3. The second-order valence-corrected chi connectivity index (χ2v) is 3.39. The Bertz CT molecular complexity index is 431. The predicted octanol–water partition coefficient (Wildman–Crippen LogP) is 2.32. The maximum Gasteiger partial charge on any atom is 0.200 e. The Hall–Kier alpha value is -1.51. The molecule has 1 N–H and O–H groups in total. The van der Waals surface area contributed by atoms with Gasteiger partial charge in [0.2, 0.25) is 5.88 Å². The van der Waals surface area contributed by atoms with Crippen LogP contribution in [0.5, 0.6) is 5.88 Å². The maximum absolute atomic E-state index is 9.78. The lowest BCUT2D eigenvalue weighted by molar-refractivity contribution is 0.405. The first-order valence-electron chi connectivity index (χ1n) is 4.34. The molecule has 0 radical (unpaired) electrons. The van der Waals surface area contributed by atoms with Crippen LogP contribution in [0.3, 0.4) is 0 Å². The molecular formula is C10H12N2O. The van der Waals surface area contributed by atoms with Crippen LogP contribution in [0.4, 0.5) is 0 Å². The summed E-state index contributed by atoms with van der Waals surface area (Å²) in [6.07, 6.45) is 3.60. The number of hydrogen-bond acceptors (Lipinski definition) is 2. The molecule has 0 atom stereocenters. The third-order valence-electron chi connectivity index (χ3n) is 2.14. The van der Waals surface area contributed by atoms with Crippen LogP contribution in [-0.4, -0.2) is 14.7 Å². The van der Waals surface area contributed by atoms with Gasteiger partial charge >= 0.3 is 0 Å². The molecule has 0 aliphatic rings. The first kappa shape index (κ1) is 8.10. The Morgan fingerprint density at radius 1 is 1.46 bits per heavy atom. The molecule has 0 saturated heterocycles. The Morgan fingerprint density at radius 3 is 2.85 bits per heavy atom. The highest BCUT2D eigenvalue weighted by Gasteiger charge is 2.09. The SMILES string of the molecule is CC(C)n1cc2ncccc2c1O. The van der Waals surface area contributed by atoms with E-state index in [0.717, 1.165) is 10.9 Å². The second kappa shape index (κ2) is 2.76. The molecule has 2 aromatic rings. The Labute approximate surface area is 76.6 Å². The van der Waals surface area contributed by atoms with E-state index < -0.39 is 0 Å². The van der Waals surface area contributed by atoms with Gasteiger partial charge in [-0.25, -0.2) is 0 Å². The number of nitrogens with zero attached hydrogens (tertiary/aromatic N) is 2. The summed E-state index contributed by atoms with van der Waals surface area (Å²) >= 11 is 0. The molecule has 0 aliphatic carbocycles. The lowest BCUT2D eigenvalue weighted by atomic mass is 10.3. The van der Waals surface area contributed by atoms with Crippen LogP contribution < -0.4 is 0 Å². The van der Waals surface area contributed by atoms with E-state index in [1.165, 1.54) is 0 Å². The van der Waals surface area contributed by atoms with Crippen molar-refractivity contribution >= 4 is 10.9 Å². The summed E-state index contributed by atoms with van der Waals surface area (Å²) in [6, 6.07) is 3.96. The summed E-state index contributed by atoms with van der Waals surface area (Å²) in [5.41, 5.74) is 0.841. The molecule has 13 heavy (non-hydrogen) atoms. The molecule has 0 amide bonds. The third kappa shape index (κ3) is 1.16. The topological polar surface area (TPSA) is 38.0 Å². The Morgan fingerprint density at radius 2 is 2.23 bits per heavy atom. The van der Waals surface area contributed by atoms with Crippen LogP contribution in [0.1, 0.15) is 19.9 Å². The average molecular weight is 176 g/mol. The van der Waals surface area contributed by atoms with E-state index >= 15 is 0 Å². The summed E-state index contributed by atoms with van der Waals surface area (Å²) in [6.45, 7) is 4.05. The monoisotopic (exact) mass is 176 g/mol. The summed E-state index contributed by atoms with van der Waals surface area (Å²) in [7, 11) is 0. The van der Waals surface area contributed by atoms with Crippen LogP contribution in [0.2, 0.25) is 0 Å². The highest BCUT2D eigenvalue weighted by Crippen LogP contribution is 2.27. The van der Waals surface area contributed by atoms with E-state index in [-0.39, 0.29) is 6.04 Å². The van der Waals surface area contributed by atoms with Gasteiger partial charge in [-0.15, -0.1) is 0 Å². The largest absolute Gasteiger partial charge is 0.494 e. The minimum atomic E-state index is 0.259. The number of pyridine rings is 1. The quantitative estimate of drug-likeness (QED) is 0.724. The number of rotatable bonds is 1. The summed E-state index contributed by atoms with van der Waals surface area (Å²) in [5.74, 6) is 0.304. The molecular weight excluding hydrogens is 164 g/mol. The van der Waals surface area contributed by atoms with Crippen LogP contribution in [0, 0.1) is 0 Å². The van der Waals surface area contributed by atoms with Gasteiger partial charge in [0.15, 0.2) is 0 Å². The first-order chi connectivity index (χ1) is 6.20. The van der Waals surface area contributed by atoms with E-state index in [0.29, 0.717) is 5.88 Å². The summed E-state index contributed by atoms with van der Waals surface area (Å²) < 4.78 is 1.82. The molecule has 0 fully saturated rings. The van der Waals surface area contributed by atoms with Crippen molar-refractivity contribution in [2.24, 2.45) is 0 Å². The predicted molar refractivity (Wildman–Crippen MR) is 51.8 cm³/mol. The minimum Gasteiger partial charge on any atom is -0.494 e. The van der Waals surface area contributed by atoms with Crippen LogP contribution in [-0.2, 0) is 0 Å². The molecule has 0 spiro atoms. The van der Waals surface area contributed by atoms with Crippen molar-refractivity contribution in [3.8, 4) is 5.88 Å². The molecule has 0 aromatic carbocycles. The zero-order chi connectivity index (χ0) is 9.42. The van der Waals surface area contributed by atoms with E-state index in [9.17, 15) is 5.11 Å². The van der Waals surface area contributed by atoms with Crippen molar-refractivity contribution in [3.63, 3.8) is 0 Å². The van der Waals surface area contributed by atoms with Gasteiger partial charge < -0.3 is 9.67 Å². The average Bonchev–Trinajstić information content (AvgIpc) is 2.45. The van der Waals surface area contributed by atoms with Crippen molar-refractivity contribution in [3.05, 3.63) is 24.5 Å². The van der Waals surface area contributed by atoms with Gasteiger partial charge in [0.25, 0.3) is 0 Å². The summed E-state index contributed by atoms with van der Waals surface area (Å²) in [5, 5.41) is 10.6. The van der Waals surface area contributed by atoms with E-state index in [2.05, 4.69) is 4.98 Å². The normalized spacial score (nSPS) is 11.3. The van der Waals surface area contributed by atoms with Gasteiger partial charge in [0.1, 0.15) is 0 Å². The fourth-order valence-corrected chi connectivity index (χ4v) is 1.44. The van der Waals surface area contributed by atoms with E-state index in [4.69, 9.17) is 0 Å². The highest BCUT2D eigenvalue weighted by molar-refractivity contribution is 5.84. The van der Waals surface area contributed by atoms with Gasteiger partial charge in [-0.3, -0.25) is 4.98 Å². The third-order valence-corrected chi connectivity index (χ3v) is 2.14. The first-order valence-corrected chi connectivity index (χ1v) is 4.34. The van der Waals surface area contributed by atoms with Crippen LogP contribution in [0.25, 0.3) is 10.9 Å². The summed E-state index contributed by atoms with van der Waals surface area (Å²) in [4.78, 5) is 4.16. The number of aromatic hydroxyl groups is 1. The zero-order valence-corrected chi connectivity index (χ0v) is 7.73. The number of fused-ring (bicyclic) bond motifs is 1. The molecule has 0 aliphatic heterocycles. The lowest BCUT2D eigenvalue weighted by Crippen LogP contribution is -1.96. The van der Waals surface area contributed by atoms with Crippen molar-refractivity contribution in [2.75, 3.05) is 0 Å². The van der Waals surface area contributed by atoms with Gasteiger partial charge in [0, 0.05) is 18.4 Å². The van der Waals surface area contributed by atoms with Gasteiger partial charge in [-0.2, -0.15) is 0 Å². The van der Waals surface area contributed by atoms with Gasteiger partial charge in [-0.05, 0) is 26.0 Å². The standard InChI is InChI=1S/C10H12N2O/c1-7(2)12-6-9-8(10(12)13)4-3-5-11-9/h3-7,13H,1-2H3. The van der Waals surface area contributed by atoms with Crippen molar-refractivity contribution in [1.82, 2.24) is 9.55 Å². The number of aromatic nitrogens is 2. The molecule has 68 valence electrons. The molecule has 3 heteroatoms. The molecule has 3 nitrogen and oxygen atoms in total.